The zero-order valence-corrected chi connectivity index (χ0v) is 20.5. The van der Waals surface area contributed by atoms with Gasteiger partial charge >= 0.3 is 0 Å². The highest BCUT2D eigenvalue weighted by atomic mass is 16.3. The smallest absolute Gasteiger partial charge is 0.251 e. The molecule has 1 aromatic heterocycles. The Kier molecular flexibility index (Phi) is 7.63. The number of nitrogens with zero attached hydrogens (tertiary/aromatic N) is 2. The summed E-state index contributed by atoms with van der Waals surface area (Å²) in [5.74, 6) is -0.1000. The molecule has 0 aliphatic heterocycles. The van der Waals surface area contributed by atoms with Gasteiger partial charge in [0, 0.05) is 35.1 Å². The van der Waals surface area contributed by atoms with Crippen LogP contribution >= 0.6 is 0 Å². The van der Waals surface area contributed by atoms with Crippen LogP contribution in [0.25, 0.3) is 10.9 Å². The number of hydrogen-bond acceptors (Lipinski definition) is 4. The molecule has 0 unspecified atom stereocenters. The van der Waals surface area contributed by atoms with E-state index in [9.17, 15) is 9.90 Å². The summed E-state index contributed by atoms with van der Waals surface area (Å²) in [4.78, 5) is 22.8. The van der Waals surface area contributed by atoms with Crippen molar-refractivity contribution in [1.29, 1.82) is 0 Å². The molecule has 0 aliphatic rings. The first kappa shape index (κ1) is 24.2. The van der Waals surface area contributed by atoms with E-state index in [1.807, 2.05) is 68.7 Å². The minimum atomic E-state index is -0.123. The second kappa shape index (κ2) is 11.0. The molecule has 6 nitrogen and oxygen atoms in total. The number of carbonyl (C=O) groups excluding carboxylic acids is 1. The molecule has 1 amide bonds. The lowest BCUT2D eigenvalue weighted by Gasteiger charge is -2.11. The van der Waals surface area contributed by atoms with Crippen molar-refractivity contribution in [3.63, 3.8) is 0 Å². The van der Waals surface area contributed by atoms with Crippen LogP contribution in [0.4, 0.5) is 5.69 Å². The van der Waals surface area contributed by atoms with Gasteiger partial charge in [-0.05, 0) is 56.4 Å². The summed E-state index contributed by atoms with van der Waals surface area (Å²) in [6, 6.07) is 23.3. The van der Waals surface area contributed by atoms with E-state index >= 15 is 0 Å². The number of benzene rings is 3. The minimum absolute atomic E-state index is 0.0235. The van der Waals surface area contributed by atoms with Crippen molar-refractivity contribution in [2.24, 2.45) is 4.99 Å². The summed E-state index contributed by atoms with van der Waals surface area (Å²) < 4.78 is 0. The monoisotopic (exact) mass is 468 g/mol. The molecule has 1 heterocycles. The predicted molar refractivity (Wildman–Crippen MR) is 143 cm³/mol. The lowest BCUT2D eigenvalue weighted by atomic mass is 9.99. The Morgan fingerprint density at radius 2 is 1.74 bits per heavy atom. The molecule has 0 radical (unpaired) electrons. The fraction of sp³-hybridized carbons (Fsp3) is 0.241. The number of aromatic hydroxyl groups is 1. The summed E-state index contributed by atoms with van der Waals surface area (Å²) in [5, 5.41) is 14.7. The predicted octanol–water partition coefficient (Wildman–Crippen LogP) is 5.63. The second-order valence-corrected chi connectivity index (χ2v) is 8.95. The zero-order chi connectivity index (χ0) is 24.8. The largest absolute Gasteiger partial charge is 0.494 e. The fourth-order valence-electron chi connectivity index (χ4n) is 4.07. The molecule has 4 aromatic rings. The van der Waals surface area contributed by atoms with E-state index in [0.717, 1.165) is 41.5 Å². The van der Waals surface area contributed by atoms with Gasteiger partial charge in [0.2, 0.25) is 0 Å². The molecular weight excluding hydrogens is 436 g/mol. The van der Waals surface area contributed by atoms with Crippen LogP contribution in [0.5, 0.6) is 5.88 Å². The van der Waals surface area contributed by atoms with Crippen molar-refractivity contribution in [2.45, 2.75) is 26.3 Å². The Morgan fingerprint density at radius 3 is 2.43 bits per heavy atom. The molecule has 180 valence electrons. The van der Waals surface area contributed by atoms with Crippen LogP contribution < -0.4 is 5.32 Å². The van der Waals surface area contributed by atoms with Crippen molar-refractivity contribution in [1.82, 2.24) is 15.2 Å². The van der Waals surface area contributed by atoms with E-state index in [-0.39, 0.29) is 11.8 Å². The average molecular weight is 469 g/mol. The highest BCUT2D eigenvalue weighted by Gasteiger charge is 2.20. The number of amides is 1. The third-order valence-corrected chi connectivity index (χ3v) is 5.82. The molecule has 0 spiro atoms. The highest BCUT2D eigenvalue weighted by Crippen LogP contribution is 2.32. The van der Waals surface area contributed by atoms with Crippen LogP contribution in [0.3, 0.4) is 0 Å². The molecule has 0 saturated heterocycles. The van der Waals surface area contributed by atoms with E-state index in [1.54, 1.807) is 6.07 Å². The van der Waals surface area contributed by atoms with Crippen LogP contribution in [0.15, 0.2) is 77.8 Å². The van der Waals surface area contributed by atoms with Gasteiger partial charge in [-0.2, -0.15) is 0 Å². The van der Waals surface area contributed by atoms with Crippen LogP contribution in [0, 0.1) is 0 Å². The molecule has 0 fully saturated rings. The minimum Gasteiger partial charge on any atom is -0.494 e. The van der Waals surface area contributed by atoms with Crippen LogP contribution in [0.2, 0.25) is 0 Å². The molecule has 35 heavy (non-hydrogen) atoms. The molecule has 0 bridgehead atoms. The highest BCUT2D eigenvalue weighted by molar-refractivity contribution is 6.22. The van der Waals surface area contributed by atoms with Crippen molar-refractivity contribution in [3.05, 3.63) is 95.1 Å². The summed E-state index contributed by atoms with van der Waals surface area (Å²) in [5.41, 5.74) is 5.36. The number of rotatable bonds is 9. The number of carbonyl (C=O) groups is 1. The quantitative estimate of drug-likeness (QED) is 0.220. The van der Waals surface area contributed by atoms with Crippen molar-refractivity contribution >= 4 is 28.2 Å². The maximum atomic E-state index is 12.7. The normalized spacial score (nSPS) is 11.8. The van der Waals surface area contributed by atoms with E-state index in [0.29, 0.717) is 23.4 Å². The van der Waals surface area contributed by atoms with Gasteiger partial charge in [0.25, 0.3) is 5.91 Å². The van der Waals surface area contributed by atoms with Gasteiger partial charge in [-0.1, -0.05) is 55.8 Å². The zero-order valence-electron chi connectivity index (χ0n) is 20.5. The Labute approximate surface area is 206 Å². The van der Waals surface area contributed by atoms with Gasteiger partial charge in [-0.25, -0.2) is 4.99 Å². The summed E-state index contributed by atoms with van der Waals surface area (Å²) in [6.07, 6.45) is 1.95. The van der Waals surface area contributed by atoms with Gasteiger partial charge in [0.1, 0.15) is 0 Å². The van der Waals surface area contributed by atoms with E-state index in [2.05, 4.69) is 34.3 Å². The summed E-state index contributed by atoms with van der Waals surface area (Å²) in [6.45, 7) is 3.58. The Morgan fingerprint density at radius 1 is 1.00 bits per heavy atom. The summed E-state index contributed by atoms with van der Waals surface area (Å²) in [7, 11) is 4.08. The summed E-state index contributed by atoms with van der Waals surface area (Å²) >= 11 is 0. The standard InChI is InChI=1S/C29H32N4O2/c1-4-5-17-30-28(34)22-13-16-25-24(18-22)26(29(35)32-25)27(21-9-7-6-8-10-21)31-23-14-11-20(12-15-23)19-33(2)3/h6-16,18,32,35H,4-5,17,19H2,1-3H3,(H,30,34). The van der Waals surface area contributed by atoms with Gasteiger partial charge in [-0.3, -0.25) is 4.79 Å². The van der Waals surface area contributed by atoms with E-state index < -0.39 is 0 Å². The molecule has 3 N–H and O–H groups in total. The number of fused-ring (bicyclic) bond motifs is 1. The van der Waals surface area contributed by atoms with Gasteiger partial charge in [0.05, 0.1) is 17.0 Å². The first-order valence-corrected chi connectivity index (χ1v) is 12.0. The molecule has 0 atom stereocenters. The first-order valence-electron chi connectivity index (χ1n) is 12.0. The fourth-order valence-corrected chi connectivity index (χ4v) is 4.07. The maximum absolute atomic E-state index is 12.7. The Balaban J connectivity index is 1.80. The SMILES string of the molecule is CCCCNC(=O)c1ccc2[nH]c(O)c(C(=Nc3ccc(CN(C)C)cc3)c3ccccc3)c2c1. The van der Waals surface area contributed by atoms with Crippen molar-refractivity contribution < 1.29 is 9.90 Å². The number of aliphatic imine (C=N–C) groups is 1. The lowest BCUT2D eigenvalue weighted by molar-refractivity contribution is 0.0953. The first-order chi connectivity index (χ1) is 17.0. The number of nitrogens with one attached hydrogen (secondary N) is 2. The van der Waals surface area contributed by atoms with Gasteiger partial charge in [-0.15, -0.1) is 0 Å². The number of hydrogen-bond donors (Lipinski definition) is 3. The number of aromatic amines is 1. The molecule has 4 rings (SSSR count). The van der Waals surface area contributed by atoms with Gasteiger partial charge in [0.15, 0.2) is 5.88 Å². The molecule has 0 aliphatic carbocycles. The lowest BCUT2D eigenvalue weighted by Crippen LogP contribution is -2.24. The van der Waals surface area contributed by atoms with E-state index in [1.165, 1.54) is 5.56 Å². The third kappa shape index (κ3) is 5.78. The van der Waals surface area contributed by atoms with Crippen LogP contribution in [-0.2, 0) is 6.54 Å². The van der Waals surface area contributed by atoms with Crippen molar-refractivity contribution in [3.8, 4) is 5.88 Å². The van der Waals surface area contributed by atoms with Gasteiger partial charge < -0.3 is 20.3 Å². The van der Waals surface area contributed by atoms with Crippen LogP contribution in [-0.4, -0.2) is 47.2 Å². The Bertz CT molecular complexity index is 1320. The number of aromatic nitrogens is 1. The number of unbranched alkanes of at least 4 members (excludes halogenated alkanes) is 1. The molecule has 3 aromatic carbocycles. The average Bonchev–Trinajstić information content (AvgIpc) is 3.18. The number of H-pyrrole nitrogens is 1. The van der Waals surface area contributed by atoms with E-state index in [4.69, 9.17) is 4.99 Å². The van der Waals surface area contributed by atoms with Crippen LogP contribution in [0.1, 0.15) is 46.8 Å². The topological polar surface area (TPSA) is 80.7 Å². The second-order valence-electron chi connectivity index (χ2n) is 8.95. The van der Waals surface area contributed by atoms with Crippen molar-refractivity contribution in [2.75, 3.05) is 20.6 Å². The molecule has 0 saturated carbocycles. The third-order valence-electron chi connectivity index (χ3n) is 5.82. The maximum Gasteiger partial charge on any atom is 0.251 e. The molecular formula is C29H32N4O2. The molecule has 6 heteroatoms. The Hall–Kier alpha value is -3.90.